The van der Waals surface area contributed by atoms with Gasteiger partial charge in [0.2, 0.25) is 11.3 Å². The molecule has 0 atom stereocenters. The van der Waals surface area contributed by atoms with Gasteiger partial charge < -0.3 is 0 Å². The van der Waals surface area contributed by atoms with Crippen LogP contribution in [0.5, 0.6) is 0 Å². The van der Waals surface area contributed by atoms with Crippen molar-refractivity contribution in [3.63, 3.8) is 0 Å². The zero-order valence-corrected chi connectivity index (χ0v) is 14.0. The average molecular weight is 333 g/mol. The second-order valence-electron chi connectivity index (χ2n) is 5.83. The van der Waals surface area contributed by atoms with Crippen LogP contribution in [0.1, 0.15) is 6.92 Å². The van der Waals surface area contributed by atoms with Gasteiger partial charge in [-0.15, -0.1) is 0 Å². The van der Waals surface area contributed by atoms with Crippen molar-refractivity contribution >= 4 is 11.0 Å². The van der Waals surface area contributed by atoms with Gasteiger partial charge in [0.15, 0.2) is 0 Å². The van der Waals surface area contributed by atoms with Crippen LogP contribution >= 0.6 is 0 Å². The maximum absolute atomic E-state index is 12.8. The van der Waals surface area contributed by atoms with Crippen molar-refractivity contribution in [2.75, 3.05) is 0 Å². The van der Waals surface area contributed by atoms with Gasteiger partial charge in [0.1, 0.15) is 12.1 Å². The van der Waals surface area contributed by atoms with Crippen molar-refractivity contribution in [3.05, 3.63) is 75.4 Å². The van der Waals surface area contributed by atoms with Crippen LogP contribution in [0.15, 0.2) is 64.2 Å². The molecule has 2 aliphatic heterocycles. The second kappa shape index (κ2) is 5.66. The minimum atomic E-state index is -0.555. The highest BCUT2D eigenvalue weighted by atomic mass is 16.2. The Morgan fingerprint density at radius 2 is 1.68 bits per heavy atom. The summed E-state index contributed by atoms with van der Waals surface area (Å²) in [6, 6.07) is 17.5. The monoisotopic (exact) mass is 333 g/mol. The molecule has 0 saturated carbocycles. The molecule has 0 aromatic heterocycles. The molecule has 2 aliphatic rings. The van der Waals surface area contributed by atoms with E-state index in [0.717, 1.165) is 21.3 Å². The summed E-state index contributed by atoms with van der Waals surface area (Å²) in [7, 11) is 1.46. The first kappa shape index (κ1) is 15.3. The highest BCUT2D eigenvalue weighted by Crippen LogP contribution is 2.23. The van der Waals surface area contributed by atoms with Gasteiger partial charge in [-0.3, -0.25) is 13.9 Å². The summed E-state index contributed by atoms with van der Waals surface area (Å²) in [4.78, 5) is 29.3. The molecule has 0 spiro atoms. The zero-order chi connectivity index (χ0) is 17.6. The number of rotatable bonds is 2. The summed E-state index contributed by atoms with van der Waals surface area (Å²) < 4.78 is 4.84. The number of hydrogen-bond donors (Lipinski definition) is 0. The van der Waals surface area contributed by atoms with Crippen LogP contribution < -0.4 is 15.8 Å². The number of aromatic nitrogens is 4. The first-order valence-corrected chi connectivity index (χ1v) is 8.13. The van der Waals surface area contributed by atoms with Gasteiger partial charge in [-0.2, -0.15) is 9.55 Å². The van der Waals surface area contributed by atoms with E-state index in [0.29, 0.717) is 18.1 Å². The molecule has 2 heterocycles. The number of aryl methyl sites for hydroxylation is 1. The van der Waals surface area contributed by atoms with Crippen LogP contribution in [0.2, 0.25) is 0 Å². The van der Waals surface area contributed by atoms with Gasteiger partial charge in [0.05, 0.1) is 0 Å². The Kier molecular flexibility index (Phi) is 3.46. The van der Waals surface area contributed by atoms with E-state index >= 15 is 0 Å². The molecule has 2 aromatic carbocycles. The maximum Gasteiger partial charge on any atom is 0.352 e. The molecule has 124 valence electrons. The molecule has 2 aromatic rings. The summed E-state index contributed by atoms with van der Waals surface area (Å²) in [6.45, 7) is 2.57. The van der Waals surface area contributed by atoms with Crippen LogP contribution in [0.25, 0.3) is 28.2 Å². The first-order valence-electron chi connectivity index (χ1n) is 8.13. The molecule has 0 aliphatic carbocycles. The van der Waals surface area contributed by atoms with Crippen LogP contribution in [-0.4, -0.2) is 14.1 Å². The molecular formula is C19H17N4O2+. The van der Waals surface area contributed by atoms with Gasteiger partial charge in [0.25, 0.3) is 0 Å². The Balaban J connectivity index is 2.35. The van der Waals surface area contributed by atoms with Crippen LogP contribution in [0.3, 0.4) is 0 Å². The van der Waals surface area contributed by atoms with Crippen molar-refractivity contribution in [2.24, 2.45) is 7.05 Å². The molecule has 0 radical (unpaired) electrons. The Hall–Kier alpha value is -3.28. The van der Waals surface area contributed by atoms with Crippen molar-refractivity contribution in [3.8, 4) is 17.2 Å². The van der Waals surface area contributed by atoms with E-state index in [-0.39, 0.29) is 5.56 Å². The smallest absolute Gasteiger partial charge is 0.283 e. The lowest BCUT2D eigenvalue weighted by atomic mass is 10.2. The highest BCUT2D eigenvalue weighted by Gasteiger charge is 2.30. The van der Waals surface area contributed by atoms with E-state index in [1.165, 1.54) is 7.05 Å². The van der Waals surface area contributed by atoms with Gasteiger partial charge in [0, 0.05) is 18.8 Å². The summed E-state index contributed by atoms with van der Waals surface area (Å²) >= 11 is 0. The van der Waals surface area contributed by atoms with Gasteiger partial charge in [-0.1, -0.05) is 30.3 Å². The molecule has 6 nitrogen and oxygen atoms in total. The molecule has 0 fully saturated rings. The lowest BCUT2D eigenvalue weighted by Gasteiger charge is -2.17. The number of benzene rings is 2. The Labute approximate surface area is 143 Å². The molecule has 0 saturated heterocycles. The van der Waals surface area contributed by atoms with E-state index in [1.54, 1.807) is 0 Å². The van der Waals surface area contributed by atoms with Crippen molar-refractivity contribution < 1.29 is 4.57 Å². The second-order valence-corrected chi connectivity index (χ2v) is 5.83. The molecule has 0 N–H and O–H groups in total. The van der Waals surface area contributed by atoms with Crippen LogP contribution in [-0.2, 0) is 13.6 Å². The van der Waals surface area contributed by atoms with E-state index in [2.05, 4.69) is 4.98 Å². The number of para-hydroxylation sites is 3. The van der Waals surface area contributed by atoms with Gasteiger partial charge in [-0.05, 0) is 25.1 Å². The molecule has 6 heteroatoms. The largest absolute Gasteiger partial charge is 0.352 e. The highest BCUT2D eigenvalue weighted by molar-refractivity contribution is 5.77. The fourth-order valence-corrected chi connectivity index (χ4v) is 3.23. The summed E-state index contributed by atoms with van der Waals surface area (Å²) in [5.41, 5.74) is 2.19. The molecule has 0 amide bonds. The molecule has 0 bridgehead atoms. The average Bonchev–Trinajstić information content (AvgIpc) is 2.65. The topological polar surface area (TPSA) is 60.8 Å². The third-order valence-corrected chi connectivity index (χ3v) is 4.43. The van der Waals surface area contributed by atoms with Gasteiger partial charge >= 0.3 is 16.9 Å². The Morgan fingerprint density at radius 1 is 1.00 bits per heavy atom. The Bertz CT molecular complexity index is 1180. The predicted octanol–water partition coefficient (Wildman–Crippen LogP) is 1.50. The van der Waals surface area contributed by atoms with Crippen LogP contribution in [0, 0.1) is 0 Å². The minimum Gasteiger partial charge on any atom is -0.283 e. The molecule has 4 rings (SSSR count). The van der Waals surface area contributed by atoms with E-state index in [9.17, 15) is 9.59 Å². The summed E-state index contributed by atoms with van der Waals surface area (Å²) in [6.07, 6.45) is 0. The van der Waals surface area contributed by atoms with E-state index < -0.39 is 5.69 Å². The number of fused-ring (bicyclic) bond motifs is 2. The van der Waals surface area contributed by atoms with E-state index in [4.69, 9.17) is 0 Å². The zero-order valence-electron chi connectivity index (χ0n) is 14.0. The quantitative estimate of drug-likeness (QED) is 0.412. The SMILES string of the molecule is CC[n+]1c2c(=O)n(C)c(=O)nc-2n(-c2ccccc2)c2ccccc21. The van der Waals surface area contributed by atoms with Crippen molar-refractivity contribution in [1.29, 1.82) is 0 Å². The van der Waals surface area contributed by atoms with Crippen molar-refractivity contribution in [1.82, 2.24) is 14.1 Å². The van der Waals surface area contributed by atoms with Crippen LogP contribution in [0.4, 0.5) is 0 Å². The summed E-state index contributed by atoms with van der Waals surface area (Å²) in [5, 5.41) is 0. The lowest BCUT2D eigenvalue weighted by Crippen LogP contribution is -2.48. The minimum absolute atomic E-state index is 0.340. The molecule has 0 unspecified atom stereocenters. The van der Waals surface area contributed by atoms with Crippen molar-refractivity contribution in [2.45, 2.75) is 13.5 Å². The number of hydrogen-bond acceptors (Lipinski definition) is 3. The fraction of sp³-hybridized carbons (Fsp3) is 0.158. The lowest BCUT2D eigenvalue weighted by molar-refractivity contribution is -0.658. The normalized spacial score (nSPS) is 11.3. The fourth-order valence-electron chi connectivity index (χ4n) is 3.23. The van der Waals surface area contributed by atoms with Gasteiger partial charge in [-0.25, -0.2) is 4.79 Å². The standard InChI is InChI=1S/C19H17N4O2/c1-3-22-14-11-7-8-12-15(14)23(13-9-5-4-6-10-13)17-16(22)18(24)21(2)19(25)20-17/h4-12H,3H2,1-2H3/q+1. The maximum atomic E-state index is 12.8. The summed E-state index contributed by atoms with van der Waals surface area (Å²) in [5.74, 6) is 0.375. The first-order chi connectivity index (χ1) is 12.1. The Morgan fingerprint density at radius 3 is 2.40 bits per heavy atom. The third-order valence-electron chi connectivity index (χ3n) is 4.43. The molecular weight excluding hydrogens is 316 g/mol. The predicted molar refractivity (Wildman–Crippen MR) is 95.1 cm³/mol. The third kappa shape index (κ3) is 2.18. The molecule has 25 heavy (non-hydrogen) atoms. The van der Waals surface area contributed by atoms with E-state index in [1.807, 2.05) is 70.7 Å². The number of nitrogens with zero attached hydrogens (tertiary/aromatic N) is 4.